The molecule has 0 amide bonds. The summed E-state index contributed by atoms with van der Waals surface area (Å²) < 4.78 is 0. The molecule has 1 heterocycles. The first kappa shape index (κ1) is 13.7. The van der Waals surface area contributed by atoms with Crippen molar-refractivity contribution in [2.45, 2.75) is 33.7 Å². The Morgan fingerprint density at radius 1 is 1.11 bits per heavy atom. The molecule has 2 rings (SSSR count). The Morgan fingerprint density at radius 3 is 2.37 bits per heavy atom. The molecule has 1 aromatic heterocycles. The molecule has 2 N–H and O–H groups in total. The first-order valence-electron chi connectivity index (χ1n) is 6.72. The van der Waals surface area contributed by atoms with Gasteiger partial charge in [-0.05, 0) is 30.9 Å². The molecular weight excluding hydrogens is 234 g/mol. The highest BCUT2D eigenvalue weighted by atomic mass is 14.9. The van der Waals surface area contributed by atoms with Crippen molar-refractivity contribution >= 4 is 0 Å². The van der Waals surface area contributed by atoms with E-state index in [9.17, 15) is 0 Å². The van der Waals surface area contributed by atoms with Gasteiger partial charge in [0.05, 0.1) is 11.4 Å². The third kappa shape index (κ3) is 3.61. The van der Waals surface area contributed by atoms with Crippen molar-refractivity contribution in [3.05, 3.63) is 47.4 Å². The van der Waals surface area contributed by atoms with E-state index in [-0.39, 0.29) is 0 Å². The Labute approximate surface area is 114 Å². The number of hydrogen-bond acceptors (Lipinski definition) is 3. The topological polar surface area (TPSA) is 51.8 Å². The van der Waals surface area contributed by atoms with Crippen molar-refractivity contribution in [1.29, 1.82) is 0 Å². The largest absolute Gasteiger partial charge is 0.325 e. The second kappa shape index (κ2) is 5.93. The van der Waals surface area contributed by atoms with Gasteiger partial charge in [0.25, 0.3) is 0 Å². The normalized spacial score (nSPS) is 11.0. The fourth-order valence-corrected chi connectivity index (χ4v) is 2.16. The number of nitrogens with two attached hydrogens (primary N) is 1. The predicted molar refractivity (Wildman–Crippen MR) is 78.6 cm³/mol. The first-order chi connectivity index (χ1) is 9.08. The number of aromatic nitrogens is 2. The lowest BCUT2D eigenvalue weighted by molar-refractivity contribution is 0.647. The van der Waals surface area contributed by atoms with Gasteiger partial charge < -0.3 is 5.73 Å². The summed E-state index contributed by atoms with van der Waals surface area (Å²) in [6.07, 6.45) is 1.11. The maximum absolute atomic E-state index is 5.65. The lowest BCUT2D eigenvalue weighted by Gasteiger charge is -2.08. The van der Waals surface area contributed by atoms with Gasteiger partial charge in [-0.3, -0.25) is 0 Å². The van der Waals surface area contributed by atoms with E-state index in [0.29, 0.717) is 12.5 Å². The van der Waals surface area contributed by atoms with Crippen LogP contribution in [0.5, 0.6) is 0 Å². The van der Waals surface area contributed by atoms with E-state index in [1.165, 1.54) is 5.56 Å². The van der Waals surface area contributed by atoms with E-state index >= 15 is 0 Å². The summed E-state index contributed by atoms with van der Waals surface area (Å²) in [5.74, 6) is 1.44. The van der Waals surface area contributed by atoms with E-state index in [1.54, 1.807) is 0 Å². The highest BCUT2D eigenvalue weighted by molar-refractivity contribution is 5.59. The molecule has 0 spiro atoms. The molecule has 0 saturated heterocycles. The maximum atomic E-state index is 5.65. The van der Waals surface area contributed by atoms with Crippen LogP contribution in [0.2, 0.25) is 0 Å². The molecular formula is C16H21N3. The van der Waals surface area contributed by atoms with Crippen molar-refractivity contribution in [2.24, 2.45) is 11.7 Å². The summed E-state index contributed by atoms with van der Waals surface area (Å²) in [7, 11) is 0. The smallest absolute Gasteiger partial charge is 0.126 e. The molecule has 0 bridgehead atoms. The van der Waals surface area contributed by atoms with E-state index in [2.05, 4.69) is 48.1 Å². The molecule has 1 aromatic carbocycles. The molecule has 0 unspecified atom stereocenters. The van der Waals surface area contributed by atoms with E-state index in [0.717, 1.165) is 29.2 Å². The lowest BCUT2D eigenvalue weighted by atomic mass is 10.0. The minimum atomic E-state index is 0.446. The summed E-state index contributed by atoms with van der Waals surface area (Å²) in [5.41, 5.74) is 9.97. The van der Waals surface area contributed by atoms with Crippen LogP contribution in [0.15, 0.2) is 30.3 Å². The van der Waals surface area contributed by atoms with Gasteiger partial charge in [-0.2, -0.15) is 0 Å². The summed E-state index contributed by atoms with van der Waals surface area (Å²) in [4.78, 5) is 8.77. The van der Waals surface area contributed by atoms with Crippen LogP contribution < -0.4 is 5.73 Å². The molecule has 3 heteroatoms. The van der Waals surface area contributed by atoms with Gasteiger partial charge >= 0.3 is 0 Å². The van der Waals surface area contributed by atoms with Gasteiger partial charge in [0.1, 0.15) is 5.82 Å². The molecule has 0 aliphatic rings. The third-order valence-corrected chi connectivity index (χ3v) is 2.99. The fourth-order valence-electron chi connectivity index (χ4n) is 2.16. The van der Waals surface area contributed by atoms with Crippen LogP contribution in [0.3, 0.4) is 0 Å². The Kier molecular flexibility index (Phi) is 4.27. The fraction of sp³-hybridized carbons (Fsp3) is 0.375. The quantitative estimate of drug-likeness (QED) is 0.913. The SMILES string of the molecule is Cc1nc(CN)cc(-c2ccc(CC(C)C)cc2)n1. The van der Waals surface area contributed by atoms with Crippen LogP contribution in [-0.4, -0.2) is 9.97 Å². The summed E-state index contributed by atoms with van der Waals surface area (Å²) >= 11 is 0. The van der Waals surface area contributed by atoms with E-state index in [1.807, 2.05) is 13.0 Å². The van der Waals surface area contributed by atoms with Crippen LogP contribution in [-0.2, 0) is 13.0 Å². The molecule has 0 aliphatic heterocycles. The number of aryl methyl sites for hydroxylation is 1. The van der Waals surface area contributed by atoms with Gasteiger partial charge in [-0.15, -0.1) is 0 Å². The Balaban J connectivity index is 2.29. The maximum Gasteiger partial charge on any atom is 0.126 e. The van der Waals surface area contributed by atoms with Gasteiger partial charge in [0.2, 0.25) is 0 Å². The van der Waals surface area contributed by atoms with Gasteiger partial charge in [-0.1, -0.05) is 38.1 Å². The average Bonchev–Trinajstić information content (AvgIpc) is 2.38. The number of nitrogens with zero attached hydrogens (tertiary/aromatic N) is 2. The van der Waals surface area contributed by atoms with Crippen LogP contribution >= 0.6 is 0 Å². The van der Waals surface area contributed by atoms with Gasteiger partial charge in [0, 0.05) is 12.1 Å². The zero-order chi connectivity index (χ0) is 13.8. The number of rotatable bonds is 4. The zero-order valence-electron chi connectivity index (χ0n) is 11.9. The molecule has 2 aromatic rings. The third-order valence-electron chi connectivity index (χ3n) is 2.99. The summed E-state index contributed by atoms with van der Waals surface area (Å²) in [6.45, 7) is 6.81. The molecule has 100 valence electrons. The lowest BCUT2D eigenvalue weighted by Crippen LogP contribution is -2.03. The second-order valence-corrected chi connectivity index (χ2v) is 5.29. The van der Waals surface area contributed by atoms with E-state index in [4.69, 9.17) is 5.73 Å². The van der Waals surface area contributed by atoms with Crippen molar-refractivity contribution in [1.82, 2.24) is 9.97 Å². The predicted octanol–water partition coefficient (Wildman–Crippen LogP) is 3.11. The monoisotopic (exact) mass is 255 g/mol. The molecule has 0 aliphatic carbocycles. The molecule has 0 radical (unpaired) electrons. The molecule has 0 atom stereocenters. The number of benzene rings is 1. The summed E-state index contributed by atoms with van der Waals surface area (Å²) in [6, 6.07) is 10.6. The zero-order valence-corrected chi connectivity index (χ0v) is 11.9. The van der Waals surface area contributed by atoms with Crippen LogP contribution in [0, 0.1) is 12.8 Å². The van der Waals surface area contributed by atoms with Gasteiger partial charge in [-0.25, -0.2) is 9.97 Å². The standard InChI is InChI=1S/C16H21N3/c1-11(2)8-13-4-6-14(7-5-13)16-9-15(10-17)18-12(3)19-16/h4-7,9,11H,8,10,17H2,1-3H3. The molecule has 0 fully saturated rings. The van der Waals surface area contributed by atoms with Crippen LogP contribution in [0.1, 0.15) is 30.9 Å². The van der Waals surface area contributed by atoms with Crippen LogP contribution in [0.25, 0.3) is 11.3 Å². The molecule has 0 saturated carbocycles. The van der Waals surface area contributed by atoms with E-state index < -0.39 is 0 Å². The second-order valence-electron chi connectivity index (χ2n) is 5.29. The highest BCUT2D eigenvalue weighted by Crippen LogP contribution is 2.19. The highest BCUT2D eigenvalue weighted by Gasteiger charge is 2.04. The Bertz CT molecular complexity index is 544. The first-order valence-corrected chi connectivity index (χ1v) is 6.72. The van der Waals surface area contributed by atoms with Gasteiger partial charge in [0.15, 0.2) is 0 Å². The number of hydrogen-bond donors (Lipinski definition) is 1. The minimum Gasteiger partial charge on any atom is -0.325 e. The Morgan fingerprint density at radius 2 is 1.79 bits per heavy atom. The van der Waals surface area contributed by atoms with Crippen molar-refractivity contribution in [3.8, 4) is 11.3 Å². The van der Waals surface area contributed by atoms with Crippen molar-refractivity contribution < 1.29 is 0 Å². The van der Waals surface area contributed by atoms with Crippen molar-refractivity contribution in [2.75, 3.05) is 0 Å². The Hall–Kier alpha value is -1.74. The van der Waals surface area contributed by atoms with Crippen LogP contribution in [0.4, 0.5) is 0 Å². The van der Waals surface area contributed by atoms with Crippen molar-refractivity contribution in [3.63, 3.8) is 0 Å². The average molecular weight is 255 g/mol. The summed E-state index contributed by atoms with van der Waals surface area (Å²) in [5, 5.41) is 0. The molecule has 3 nitrogen and oxygen atoms in total. The molecule has 19 heavy (non-hydrogen) atoms. The minimum absolute atomic E-state index is 0.446.